The monoisotopic (exact) mass is 285 g/mol. The van der Waals surface area contributed by atoms with Crippen molar-refractivity contribution in [2.24, 2.45) is 5.92 Å². The van der Waals surface area contributed by atoms with Gasteiger partial charge in [-0.25, -0.2) is 0 Å². The third kappa shape index (κ3) is 4.62. The lowest BCUT2D eigenvalue weighted by atomic mass is 9.98. The summed E-state index contributed by atoms with van der Waals surface area (Å²) in [6.45, 7) is 14.5. The molecule has 0 aliphatic carbocycles. The number of hydrogen-bond acceptors (Lipinski definition) is 4. The number of piperazine rings is 1. The first kappa shape index (κ1) is 15.6. The minimum absolute atomic E-state index is 0.680. The van der Waals surface area contributed by atoms with Gasteiger partial charge in [-0.2, -0.15) is 11.8 Å². The zero-order valence-electron chi connectivity index (χ0n) is 12.9. The Morgan fingerprint density at radius 2 is 1.95 bits per heavy atom. The standard InChI is InChI=1S/C15H31N3S/c1-4-14-11-16-15(13(2)3)12-18(14)6-5-17-7-9-19-10-8-17/h13-16H,4-12H2,1-3H3. The third-order valence-corrected chi connectivity index (χ3v) is 5.59. The lowest BCUT2D eigenvalue weighted by Gasteiger charge is -2.42. The predicted octanol–water partition coefficient (Wildman–Crippen LogP) is 1.74. The van der Waals surface area contributed by atoms with E-state index in [9.17, 15) is 0 Å². The van der Waals surface area contributed by atoms with Crippen molar-refractivity contribution in [3.63, 3.8) is 0 Å². The number of nitrogens with one attached hydrogen (secondary N) is 1. The summed E-state index contributed by atoms with van der Waals surface area (Å²) in [7, 11) is 0. The molecule has 112 valence electrons. The third-order valence-electron chi connectivity index (χ3n) is 4.65. The molecule has 2 heterocycles. The molecule has 2 saturated heterocycles. The first-order chi connectivity index (χ1) is 9.20. The normalized spacial score (nSPS) is 30.9. The summed E-state index contributed by atoms with van der Waals surface area (Å²) < 4.78 is 0. The molecule has 2 aliphatic rings. The van der Waals surface area contributed by atoms with Crippen LogP contribution in [0.5, 0.6) is 0 Å². The van der Waals surface area contributed by atoms with Gasteiger partial charge in [-0.15, -0.1) is 0 Å². The maximum Gasteiger partial charge on any atom is 0.0219 e. The molecule has 19 heavy (non-hydrogen) atoms. The molecule has 2 atom stereocenters. The van der Waals surface area contributed by atoms with Crippen molar-refractivity contribution in [2.75, 3.05) is 50.8 Å². The highest BCUT2D eigenvalue weighted by Gasteiger charge is 2.28. The Kier molecular flexibility index (Phi) is 6.46. The molecule has 2 rings (SSSR count). The van der Waals surface area contributed by atoms with E-state index < -0.39 is 0 Å². The van der Waals surface area contributed by atoms with Crippen LogP contribution in [0, 0.1) is 5.92 Å². The van der Waals surface area contributed by atoms with Gasteiger partial charge >= 0.3 is 0 Å². The first-order valence-corrected chi connectivity index (χ1v) is 9.13. The molecule has 0 radical (unpaired) electrons. The summed E-state index contributed by atoms with van der Waals surface area (Å²) >= 11 is 2.10. The van der Waals surface area contributed by atoms with E-state index in [0.29, 0.717) is 6.04 Å². The Bertz CT molecular complexity index is 254. The molecule has 1 N–H and O–H groups in total. The topological polar surface area (TPSA) is 18.5 Å². The van der Waals surface area contributed by atoms with E-state index in [4.69, 9.17) is 0 Å². The van der Waals surface area contributed by atoms with E-state index in [-0.39, 0.29) is 0 Å². The predicted molar refractivity (Wildman–Crippen MR) is 86.0 cm³/mol. The SMILES string of the molecule is CCC1CNC(C(C)C)CN1CCN1CCSCC1. The molecule has 2 fully saturated rings. The van der Waals surface area contributed by atoms with Gasteiger partial charge in [0.2, 0.25) is 0 Å². The Morgan fingerprint density at radius 3 is 2.58 bits per heavy atom. The van der Waals surface area contributed by atoms with E-state index >= 15 is 0 Å². The van der Waals surface area contributed by atoms with Crippen LogP contribution in [0.3, 0.4) is 0 Å². The molecule has 4 heteroatoms. The minimum atomic E-state index is 0.680. The molecule has 0 aromatic heterocycles. The molecule has 0 saturated carbocycles. The van der Waals surface area contributed by atoms with Gasteiger partial charge in [0.05, 0.1) is 0 Å². The van der Waals surface area contributed by atoms with E-state index in [0.717, 1.165) is 12.0 Å². The van der Waals surface area contributed by atoms with Crippen LogP contribution in [-0.2, 0) is 0 Å². The Morgan fingerprint density at radius 1 is 1.21 bits per heavy atom. The van der Waals surface area contributed by atoms with Crippen LogP contribution in [0.1, 0.15) is 27.2 Å². The second-order valence-corrected chi connectivity index (χ2v) is 7.49. The molecule has 3 nitrogen and oxygen atoms in total. The summed E-state index contributed by atoms with van der Waals surface area (Å²) in [6, 6.07) is 1.42. The zero-order chi connectivity index (χ0) is 13.7. The quantitative estimate of drug-likeness (QED) is 0.829. The van der Waals surface area contributed by atoms with Crippen molar-refractivity contribution in [1.82, 2.24) is 15.1 Å². The highest BCUT2D eigenvalue weighted by Crippen LogP contribution is 2.15. The molecule has 2 aliphatic heterocycles. The van der Waals surface area contributed by atoms with Crippen molar-refractivity contribution in [3.05, 3.63) is 0 Å². The van der Waals surface area contributed by atoms with Crippen LogP contribution >= 0.6 is 11.8 Å². The van der Waals surface area contributed by atoms with Gasteiger partial charge in [0.15, 0.2) is 0 Å². The average Bonchev–Trinajstić information content (AvgIpc) is 2.45. The average molecular weight is 286 g/mol. The van der Waals surface area contributed by atoms with Crippen LogP contribution in [0.15, 0.2) is 0 Å². The number of thioether (sulfide) groups is 1. The molecular formula is C15H31N3S. The number of hydrogen-bond donors (Lipinski definition) is 1. The second kappa shape index (κ2) is 7.87. The molecule has 0 aromatic rings. The molecule has 0 bridgehead atoms. The van der Waals surface area contributed by atoms with Gasteiger partial charge in [-0.05, 0) is 12.3 Å². The van der Waals surface area contributed by atoms with Crippen molar-refractivity contribution in [1.29, 1.82) is 0 Å². The van der Waals surface area contributed by atoms with E-state index in [1.165, 1.54) is 57.2 Å². The van der Waals surface area contributed by atoms with Crippen LogP contribution in [0.2, 0.25) is 0 Å². The van der Waals surface area contributed by atoms with Gasteiger partial charge in [0.25, 0.3) is 0 Å². The highest BCUT2D eigenvalue weighted by atomic mass is 32.2. The van der Waals surface area contributed by atoms with Gasteiger partial charge in [-0.3, -0.25) is 4.90 Å². The lowest BCUT2D eigenvalue weighted by molar-refractivity contribution is 0.0971. The van der Waals surface area contributed by atoms with Crippen molar-refractivity contribution >= 4 is 11.8 Å². The minimum Gasteiger partial charge on any atom is -0.311 e. The highest BCUT2D eigenvalue weighted by molar-refractivity contribution is 7.99. The summed E-state index contributed by atoms with van der Waals surface area (Å²) in [5.41, 5.74) is 0. The van der Waals surface area contributed by atoms with Crippen LogP contribution in [0.4, 0.5) is 0 Å². The Labute approximate surface area is 123 Å². The van der Waals surface area contributed by atoms with E-state index in [1.807, 2.05) is 0 Å². The van der Waals surface area contributed by atoms with Gasteiger partial charge < -0.3 is 10.2 Å². The van der Waals surface area contributed by atoms with Crippen LogP contribution in [0.25, 0.3) is 0 Å². The fourth-order valence-electron chi connectivity index (χ4n) is 3.10. The van der Waals surface area contributed by atoms with Gasteiger partial charge in [0.1, 0.15) is 0 Å². The fourth-order valence-corrected chi connectivity index (χ4v) is 4.08. The molecule has 2 unspecified atom stereocenters. The smallest absolute Gasteiger partial charge is 0.0219 e. The maximum atomic E-state index is 3.73. The largest absolute Gasteiger partial charge is 0.311 e. The van der Waals surface area contributed by atoms with Crippen molar-refractivity contribution in [2.45, 2.75) is 39.3 Å². The summed E-state index contributed by atoms with van der Waals surface area (Å²) in [5.74, 6) is 3.40. The lowest BCUT2D eigenvalue weighted by Crippen LogP contribution is -2.59. The molecule has 0 spiro atoms. The van der Waals surface area contributed by atoms with E-state index in [2.05, 4.69) is 47.6 Å². The summed E-state index contributed by atoms with van der Waals surface area (Å²) in [5, 5.41) is 3.73. The Hall–Kier alpha value is 0.230. The second-order valence-electron chi connectivity index (χ2n) is 6.27. The zero-order valence-corrected chi connectivity index (χ0v) is 13.7. The first-order valence-electron chi connectivity index (χ1n) is 7.98. The van der Waals surface area contributed by atoms with Crippen LogP contribution in [-0.4, -0.2) is 72.7 Å². The Balaban J connectivity index is 1.80. The van der Waals surface area contributed by atoms with E-state index in [1.54, 1.807) is 0 Å². The molecule has 0 aromatic carbocycles. The van der Waals surface area contributed by atoms with Gasteiger partial charge in [0, 0.05) is 62.9 Å². The van der Waals surface area contributed by atoms with Crippen LogP contribution < -0.4 is 5.32 Å². The number of rotatable bonds is 5. The maximum absolute atomic E-state index is 3.73. The molecule has 0 amide bonds. The summed E-state index contributed by atoms with van der Waals surface area (Å²) in [4.78, 5) is 5.39. The van der Waals surface area contributed by atoms with Gasteiger partial charge in [-0.1, -0.05) is 20.8 Å². The number of nitrogens with zero attached hydrogens (tertiary/aromatic N) is 2. The molecular weight excluding hydrogens is 254 g/mol. The van der Waals surface area contributed by atoms with Crippen molar-refractivity contribution < 1.29 is 0 Å². The summed E-state index contributed by atoms with van der Waals surface area (Å²) in [6.07, 6.45) is 1.27. The van der Waals surface area contributed by atoms with Crippen molar-refractivity contribution in [3.8, 4) is 0 Å². The fraction of sp³-hybridized carbons (Fsp3) is 1.00.